The maximum Gasteiger partial charge on any atom is 0.508 e. The molecule has 20 nitrogen and oxygen atoms in total. The Morgan fingerprint density at radius 3 is 1.42 bits per heavy atom. The molecule has 0 bridgehead atoms. The predicted molar refractivity (Wildman–Crippen MR) is 303 cm³/mol. The zero-order valence-electron chi connectivity index (χ0n) is 45.5. The third-order valence-corrected chi connectivity index (χ3v) is 15.0. The van der Waals surface area contributed by atoms with Crippen molar-refractivity contribution in [1.82, 2.24) is 29.7 Å². The number of cyclic esters (lactones) is 2. The Labute approximate surface area is 476 Å². The number of fused-ring (bicyclic) bond motifs is 6. The summed E-state index contributed by atoms with van der Waals surface area (Å²) in [4.78, 5) is 87.6. The summed E-state index contributed by atoms with van der Waals surface area (Å²) in [6, 6.07) is 42.4. The Hall–Kier alpha value is -10.3. The highest BCUT2D eigenvalue weighted by molar-refractivity contribution is 6.11. The molecular weight excluding hydrogens is 1060 g/mol. The van der Waals surface area contributed by atoms with Gasteiger partial charge in [-0.05, 0) is 79.1 Å². The van der Waals surface area contributed by atoms with E-state index in [0.29, 0.717) is 30.3 Å². The van der Waals surface area contributed by atoms with Crippen LogP contribution in [0.1, 0.15) is 54.7 Å². The van der Waals surface area contributed by atoms with Gasteiger partial charge in [-0.15, -0.1) is 0 Å². The summed E-state index contributed by atoms with van der Waals surface area (Å²) < 4.78 is 19.2. The van der Waals surface area contributed by atoms with Gasteiger partial charge in [-0.2, -0.15) is 10.5 Å². The maximum atomic E-state index is 14.1. The molecule has 416 valence electrons. The van der Waals surface area contributed by atoms with Crippen molar-refractivity contribution in [3.63, 3.8) is 0 Å². The molecule has 20 heteroatoms. The van der Waals surface area contributed by atoms with Gasteiger partial charge in [0.05, 0.1) is 31.1 Å². The Balaban J connectivity index is 0.000000158. The van der Waals surface area contributed by atoms with Gasteiger partial charge in [0.25, 0.3) is 0 Å². The highest BCUT2D eigenvalue weighted by Gasteiger charge is 2.61. The van der Waals surface area contributed by atoms with Gasteiger partial charge >= 0.3 is 18.3 Å². The largest absolute Gasteiger partial charge is 0.508 e. The topological polar surface area (TPSA) is 255 Å². The van der Waals surface area contributed by atoms with E-state index in [9.17, 15) is 34.5 Å². The molecule has 4 aromatic heterocycles. The number of para-hydroxylation sites is 2. The molecular formula is C63H54N10O10. The summed E-state index contributed by atoms with van der Waals surface area (Å²) in [5.74, 6) is -0.147. The van der Waals surface area contributed by atoms with Crippen molar-refractivity contribution in [2.75, 3.05) is 62.4 Å². The minimum atomic E-state index is -0.845. The quantitative estimate of drug-likeness (QED) is 0.110. The molecule has 0 saturated carbocycles. The second-order valence-electron chi connectivity index (χ2n) is 21.4. The average molecular weight is 1110 g/mol. The SMILES string of the molecule is CC(C)(C)OC(=O)N1CC2(C1)C(=O)N(Cc1ncc3ccccc3c1-c1ccc(C#N)nc1)c1ccccc12.N#Cc1ccc(-c2c(CN3C(=O)C4(CN(C(=O)OCCO)C4)c4ccccc43)ncc3ccccc23)cn1.O=C1OCCO1. The van der Waals surface area contributed by atoms with Crippen molar-refractivity contribution >= 4 is 63.1 Å². The molecule has 0 radical (unpaired) electrons. The van der Waals surface area contributed by atoms with Crippen molar-refractivity contribution in [2.24, 2.45) is 0 Å². The number of benzene rings is 4. The summed E-state index contributed by atoms with van der Waals surface area (Å²) in [5.41, 5.74) is 6.58. The van der Waals surface area contributed by atoms with Gasteiger partial charge in [-0.3, -0.25) is 19.6 Å². The van der Waals surface area contributed by atoms with E-state index < -0.39 is 34.8 Å². The average Bonchev–Trinajstić information content (AvgIpc) is 1.66. The minimum absolute atomic E-state index is 0.0534. The normalized spacial score (nSPS) is 15.8. The molecule has 0 unspecified atom stereocenters. The molecule has 13 rings (SSSR count). The summed E-state index contributed by atoms with van der Waals surface area (Å²) in [5, 5.41) is 31.3. The molecule has 5 aliphatic heterocycles. The molecule has 0 atom stereocenters. The molecule has 8 aromatic rings. The van der Waals surface area contributed by atoms with Crippen LogP contribution in [0.5, 0.6) is 0 Å². The number of aliphatic hydroxyl groups is 1. The standard InChI is InChI=1S/C31H27N5O3.C29H23N5O4.C3H4O3/c1-30(2,3)39-29(38)35-18-31(19-35)24-10-6-7-11-26(24)36(28(31)37)17-25-27(21-12-13-22(14-32)33-16-21)23-9-5-4-8-20(23)15-34-25;30-13-21-10-9-20(15-31-21)26-22-6-2-1-5-19(22)14-32-24(26)16-34-25-8-4-3-7-23(25)29(27(34)36)17-33(18-29)28(37)38-12-11-35;4-3-5-1-2-6-3/h4-13,15-16H,17-19H2,1-3H3;1-10,14-15,35H,11-12,16-18H2;1-2H2. The molecule has 9 heterocycles. The number of aromatic nitrogens is 4. The van der Waals surface area contributed by atoms with E-state index in [1.54, 1.807) is 45.4 Å². The van der Waals surface area contributed by atoms with Gasteiger partial charge in [0.1, 0.15) is 59.8 Å². The number of carbonyl (C=O) groups excluding carboxylic acids is 5. The van der Waals surface area contributed by atoms with E-state index in [1.807, 2.05) is 142 Å². The third-order valence-electron chi connectivity index (χ3n) is 15.0. The molecule has 83 heavy (non-hydrogen) atoms. The first kappa shape index (κ1) is 54.6. The Morgan fingerprint density at radius 1 is 0.590 bits per heavy atom. The van der Waals surface area contributed by atoms with E-state index in [2.05, 4.69) is 25.5 Å². The number of ether oxygens (including phenoxy) is 4. The van der Waals surface area contributed by atoms with Gasteiger partial charge < -0.3 is 43.7 Å². The second kappa shape index (κ2) is 22.3. The third kappa shape index (κ3) is 10.3. The first-order valence-electron chi connectivity index (χ1n) is 26.7. The van der Waals surface area contributed by atoms with Gasteiger partial charge in [-0.25, -0.2) is 24.4 Å². The van der Waals surface area contributed by atoms with Gasteiger partial charge in [0.2, 0.25) is 11.8 Å². The number of amides is 4. The highest BCUT2D eigenvalue weighted by Crippen LogP contribution is 2.50. The minimum Gasteiger partial charge on any atom is -0.447 e. The summed E-state index contributed by atoms with van der Waals surface area (Å²) in [7, 11) is 0. The number of carbonyl (C=O) groups is 5. The maximum absolute atomic E-state index is 14.1. The van der Waals surface area contributed by atoms with Gasteiger partial charge in [0.15, 0.2) is 0 Å². The smallest absolute Gasteiger partial charge is 0.447 e. The van der Waals surface area contributed by atoms with Crippen LogP contribution in [0.3, 0.4) is 0 Å². The van der Waals surface area contributed by atoms with Crippen molar-refractivity contribution in [3.8, 4) is 34.4 Å². The Bertz CT molecular complexity index is 3950. The lowest BCUT2D eigenvalue weighted by Gasteiger charge is -2.46. The molecule has 3 saturated heterocycles. The van der Waals surface area contributed by atoms with Crippen LogP contribution in [0.2, 0.25) is 0 Å². The van der Waals surface area contributed by atoms with Crippen molar-refractivity contribution in [1.29, 1.82) is 10.5 Å². The van der Waals surface area contributed by atoms with Crippen molar-refractivity contribution < 1.29 is 48.0 Å². The van der Waals surface area contributed by atoms with E-state index in [4.69, 9.17) is 24.5 Å². The van der Waals surface area contributed by atoms with E-state index in [0.717, 1.165) is 72.0 Å². The van der Waals surface area contributed by atoms with Crippen molar-refractivity contribution in [3.05, 3.63) is 180 Å². The number of hydrogen-bond donors (Lipinski definition) is 1. The number of hydrogen-bond acceptors (Lipinski definition) is 16. The molecule has 3 fully saturated rings. The summed E-state index contributed by atoms with van der Waals surface area (Å²) in [6.07, 6.45) is 5.46. The summed E-state index contributed by atoms with van der Waals surface area (Å²) in [6.45, 7) is 7.42. The van der Waals surface area contributed by atoms with Crippen LogP contribution in [0.25, 0.3) is 43.8 Å². The molecule has 4 aromatic carbocycles. The van der Waals surface area contributed by atoms with Crippen LogP contribution >= 0.6 is 0 Å². The number of anilines is 2. The number of aliphatic hydroxyl groups excluding tert-OH is 1. The Kier molecular flexibility index (Phi) is 14.7. The van der Waals surface area contributed by atoms with E-state index in [1.165, 1.54) is 4.90 Å². The van der Waals surface area contributed by atoms with Crippen LogP contribution in [-0.2, 0) is 52.5 Å². The van der Waals surface area contributed by atoms with Crippen LogP contribution in [-0.4, -0.2) is 123 Å². The lowest BCUT2D eigenvalue weighted by atomic mass is 9.75. The molecule has 0 aliphatic carbocycles. The molecule has 5 aliphatic rings. The fourth-order valence-corrected chi connectivity index (χ4v) is 11.2. The number of rotatable bonds is 8. The monoisotopic (exact) mass is 1110 g/mol. The van der Waals surface area contributed by atoms with E-state index >= 15 is 0 Å². The first-order chi connectivity index (χ1) is 40.1. The number of nitriles is 2. The van der Waals surface area contributed by atoms with Crippen LogP contribution in [0.15, 0.2) is 146 Å². The second-order valence-corrected chi connectivity index (χ2v) is 21.4. The summed E-state index contributed by atoms with van der Waals surface area (Å²) >= 11 is 0. The van der Waals surface area contributed by atoms with Gasteiger partial charge in [-0.1, -0.05) is 84.9 Å². The Morgan fingerprint density at radius 2 is 1.02 bits per heavy atom. The lowest BCUT2D eigenvalue weighted by Crippen LogP contribution is -2.65. The van der Waals surface area contributed by atoms with Crippen molar-refractivity contribution in [2.45, 2.75) is 50.3 Å². The predicted octanol–water partition coefficient (Wildman–Crippen LogP) is 8.75. The number of nitrogens with zero attached hydrogens (tertiary/aromatic N) is 10. The van der Waals surface area contributed by atoms with Crippen LogP contribution in [0.4, 0.5) is 25.8 Å². The highest BCUT2D eigenvalue weighted by atomic mass is 16.8. The number of likely N-dealkylation sites (tertiary alicyclic amines) is 2. The molecule has 1 N–H and O–H groups in total. The lowest BCUT2D eigenvalue weighted by molar-refractivity contribution is -0.129. The van der Waals surface area contributed by atoms with Crippen LogP contribution < -0.4 is 9.80 Å². The first-order valence-corrected chi connectivity index (χ1v) is 26.7. The number of pyridine rings is 4. The van der Waals surface area contributed by atoms with E-state index in [-0.39, 0.29) is 64.3 Å². The van der Waals surface area contributed by atoms with Crippen LogP contribution in [0, 0.1) is 22.7 Å². The fourth-order valence-electron chi connectivity index (χ4n) is 11.2. The zero-order valence-corrected chi connectivity index (χ0v) is 45.5. The molecule has 4 amide bonds. The fraction of sp³-hybridized carbons (Fsp3) is 0.254. The zero-order chi connectivity index (χ0) is 58.0. The molecule has 2 spiro atoms. The van der Waals surface area contributed by atoms with Gasteiger partial charge in [0, 0.05) is 95.4 Å².